The van der Waals surface area contributed by atoms with Gasteiger partial charge in [-0.3, -0.25) is 4.79 Å². The first-order chi connectivity index (χ1) is 12.4. The Hall–Kier alpha value is -1.69. The highest BCUT2D eigenvalue weighted by Crippen LogP contribution is 2.30. The van der Waals surface area contributed by atoms with Crippen molar-refractivity contribution in [2.75, 3.05) is 13.7 Å². The van der Waals surface area contributed by atoms with E-state index < -0.39 is 5.41 Å². The molecule has 0 aromatic heterocycles. The van der Waals surface area contributed by atoms with Crippen molar-refractivity contribution in [1.82, 2.24) is 0 Å². The zero-order valence-electron chi connectivity index (χ0n) is 16.1. The Balaban J connectivity index is 2.06. The van der Waals surface area contributed by atoms with Gasteiger partial charge in [0.05, 0.1) is 18.1 Å². The van der Waals surface area contributed by atoms with Gasteiger partial charge < -0.3 is 18.9 Å². The van der Waals surface area contributed by atoms with Crippen LogP contribution < -0.4 is 0 Å². The number of rotatable bonds is 8. The number of benzene rings is 1. The Morgan fingerprint density at radius 3 is 2.46 bits per heavy atom. The van der Waals surface area contributed by atoms with Gasteiger partial charge in [0.15, 0.2) is 0 Å². The van der Waals surface area contributed by atoms with Crippen LogP contribution in [-0.2, 0) is 30.3 Å². The molecule has 1 saturated heterocycles. The van der Waals surface area contributed by atoms with Gasteiger partial charge in [-0.05, 0) is 32.8 Å². The normalized spacial score (nSPS) is 25.8. The zero-order valence-corrected chi connectivity index (χ0v) is 16.1. The molecular weight excluding hydrogens is 332 g/mol. The SMILES string of the molecule is C=CCC1OC(COC(=O)C(C)(C)C)C(OCc2ccccc2)C1OC. The predicted octanol–water partition coefficient (Wildman–Crippen LogP) is 3.52. The molecule has 5 heteroatoms. The quantitative estimate of drug-likeness (QED) is 0.523. The standard InChI is InChI=1S/C21H30O5/c1-6-10-16-18(23-5)19(24-13-15-11-8-7-9-12-15)17(26-16)14-25-20(22)21(2,3)4/h6-9,11-12,16-19H,1,10,13-14H2,2-5H3. The first kappa shape index (κ1) is 20.6. The second-order valence-corrected chi connectivity index (χ2v) is 7.55. The van der Waals surface area contributed by atoms with Crippen LogP contribution in [0.15, 0.2) is 43.0 Å². The Morgan fingerprint density at radius 2 is 1.88 bits per heavy atom. The van der Waals surface area contributed by atoms with Crippen molar-refractivity contribution >= 4 is 5.97 Å². The zero-order chi connectivity index (χ0) is 19.2. The van der Waals surface area contributed by atoms with E-state index >= 15 is 0 Å². The van der Waals surface area contributed by atoms with Crippen molar-refractivity contribution < 1.29 is 23.7 Å². The summed E-state index contributed by atoms with van der Waals surface area (Å²) in [5, 5.41) is 0. The second kappa shape index (κ2) is 9.31. The molecule has 0 bridgehead atoms. The second-order valence-electron chi connectivity index (χ2n) is 7.55. The van der Waals surface area contributed by atoms with Crippen LogP contribution in [0.2, 0.25) is 0 Å². The fourth-order valence-electron chi connectivity index (χ4n) is 2.92. The first-order valence-corrected chi connectivity index (χ1v) is 8.98. The number of methoxy groups -OCH3 is 1. The average molecular weight is 362 g/mol. The number of carbonyl (C=O) groups is 1. The van der Waals surface area contributed by atoms with Gasteiger partial charge in [0.2, 0.25) is 0 Å². The van der Waals surface area contributed by atoms with Crippen LogP contribution >= 0.6 is 0 Å². The van der Waals surface area contributed by atoms with E-state index in [0.717, 1.165) is 5.56 Å². The maximum Gasteiger partial charge on any atom is 0.311 e. The van der Waals surface area contributed by atoms with Crippen molar-refractivity contribution in [2.45, 2.75) is 58.2 Å². The van der Waals surface area contributed by atoms with Crippen molar-refractivity contribution in [3.63, 3.8) is 0 Å². The van der Waals surface area contributed by atoms with Crippen LogP contribution in [0.1, 0.15) is 32.8 Å². The van der Waals surface area contributed by atoms with Crippen LogP contribution in [0.3, 0.4) is 0 Å². The molecule has 1 aromatic rings. The minimum absolute atomic E-state index is 0.142. The van der Waals surface area contributed by atoms with Gasteiger partial charge in [-0.1, -0.05) is 36.4 Å². The Kier molecular flexibility index (Phi) is 7.38. The topological polar surface area (TPSA) is 54.0 Å². The maximum atomic E-state index is 12.1. The molecule has 1 fully saturated rings. The minimum atomic E-state index is -0.555. The molecule has 0 N–H and O–H groups in total. The van der Waals surface area contributed by atoms with Crippen molar-refractivity contribution in [2.24, 2.45) is 5.41 Å². The molecule has 0 saturated carbocycles. The van der Waals surface area contributed by atoms with Gasteiger partial charge in [-0.2, -0.15) is 0 Å². The Morgan fingerprint density at radius 1 is 1.19 bits per heavy atom. The molecule has 26 heavy (non-hydrogen) atoms. The first-order valence-electron chi connectivity index (χ1n) is 8.98. The molecule has 0 amide bonds. The lowest BCUT2D eigenvalue weighted by molar-refractivity contribution is -0.159. The Labute approximate surface area is 156 Å². The lowest BCUT2D eigenvalue weighted by Crippen LogP contribution is -2.39. The summed E-state index contributed by atoms with van der Waals surface area (Å²) in [6.45, 7) is 9.85. The molecule has 0 aliphatic carbocycles. The lowest BCUT2D eigenvalue weighted by atomic mass is 9.97. The summed E-state index contributed by atoms with van der Waals surface area (Å²) in [6.07, 6.45) is 1.34. The smallest absolute Gasteiger partial charge is 0.311 e. The molecule has 1 heterocycles. The van der Waals surface area contributed by atoms with E-state index in [9.17, 15) is 4.79 Å². The summed E-state index contributed by atoms with van der Waals surface area (Å²) >= 11 is 0. The van der Waals surface area contributed by atoms with E-state index in [2.05, 4.69) is 6.58 Å². The van der Waals surface area contributed by atoms with Crippen molar-refractivity contribution in [3.05, 3.63) is 48.6 Å². The summed E-state index contributed by atoms with van der Waals surface area (Å²) < 4.78 is 23.3. The fraction of sp³-hybridized carbons (Fsp3) is 0.571. The van der Waals surface area contributed by atoms with Crippen LogP contribution in [0.5, 0.6) is 0 Å². The number of carbonyl (C=O) groups excluding carboxylic acids is 1. The summed E-state index contributed by atoms with van der Waals surface area (Å²) in [5.41, 5.74) is 0.514. The number of hydrogen-bond donors (Lipinski definition) is 0. The van der Waals surface area contributed by atoms with Crippen LogP contribution in [0.25, 0.3) is 0 Å². The molecule has 1 aliphatic heterocycles. The predicted molar refractivity (Wildman–Crippen MR) is 99.7 cm³/mol. The van der Waals surface area contributed by atoms with E-state index in [1.54, 1.807) is 13.2 Å². The van der Waals surface area contributed by atoms with E-state index in [1.165, 1.54) is 0 Å². The largest absolute Gasteiger partial charge is 0.462 e. The molecule has 2 rings (SSSR count). The van der Waals surface area contributed by atoms with Gasteiger partial charge in [0.1, 0.15) is 24.9 Å². The molecule has 5 nitrogen and oxygen atoms in total. The molecule has 144 valence electrons. The number of esters is 1. The molecule has 1 aliphatic rings. The third-order valence-electron chi connectivity index (χ3n) is 4.35. The molecule has 4 atom stereocenters. The monoisotopic (exact) mass is 362 g/mol. The molecular formula is C21H30O5. The van der Waals surface area contributed by atoms with Gasteiger partial charge in [0.25, 0.3) is 0 Å². The highest BCUT2D eigenvalue weighted by Gasteiger charge is 2.46. The third-order valence-corrected chi connectivity index (χ3v) is 4.35. The highest BCUT2D eigenvalue weighted by molar-refractivity contribution is 5.75. The van der Waals surface area contributed by atoms with Crippen molar-refractivity contribution in [3.8, 4) is 0 Å². The van der Waals surface area contributed by atoms with Gasteiger partial charge in [-0.25, -0.2) is 0 Å². The lowest BCUT2D eigenvalue weighted by Gasteiger charge is -2.24. The molecule has 4 unspecified atom stereocenters. The van der Waals surface area contributed by atoms with E-state index in [-0.39, 0.29) is 37.0 Å². The van der Waals surface area contributed by atoms with Gasteiger partial charge in [0, 0.05) is 7.11 Å². The minimum Gasteiger partial charge on any atom is -0.462 e. The van der Waals surface area contributed by atoms with Gasteiger partial charge >= 0.3 is 5.97 Å². The third kappa shape index (κ3) is 5.40. The number of ether oxygens (including phenoxy) is 4. The highest BCUT2D eigenvalue weighted by atomic mass is 16.6. The summed E-state index contributed by atoms with van der Waals surface area (Å²) in [5.74, 6) is -0.260. The summed E-state index contributed by atoms with van der Waals surface area (Å²) in [4.78, 5) is 12.1. The van der Waals surface area contributed by atoms with Crippen LogP contribution in [0, 0.1) is 5.41 Å². The van der Waals surface area contributed by atoms with E-state index in [0.29, 0.717) is 13.0 Å². The molecule has 0 spiro atoms. The molecule has 1 aromatic carbocycles. The number of hydrogen-bond acceptors (Lipinski definition) is 5. The van der Waals surface area contributed by atoms with E-state index in [1.807, 2.05) is 51.1 Å². The summed E-state index contributed by atoms with van der Waals surface area (Å²) in [7, 11) is 1.65. The maximum absolute atomic E-state index is 12.1. The fourth-order valence-corrected chi connectivity index (χ4v) is 2.92. The van der Waals surface area contributed by atoms with Crippen LogP contribution in [0.4, 0.5) is 0 Å². The van der Waals surface area contributed by atoms with Crippen LogP contribution in [-0.4, -0.2) is 44.1 Å². The average Bonchev–Trinajstić information content (AvgIpc) is 2.94. The summed E-state index contributed by atoms with van der Waals surface area (Å²) in [6, 6.07) is 9.93. The van der Waals surface area contributed by atoms with Gasteiger partial charge in [-0.15, -0.1) is 6.58 Å². The van der Waals surface area contributed by atoms with E-state index in [4.69, 9.17) is 18.9 Å². The Bertz CT molecular complexity index is 578. The molecule has 0 radical (unpaired) electrons. The van der Waals surface area contributed by atoms with Crippen molar-refractivity contribution in [1.29, 1.82) is 0 Å².